The van der Waals surface area contributed by atoms with Crippen molar-refractivity contribution in [2.75, 3.05) is 6.61 Å². The van der Waals surface area contributed by atoms with E-state index in [1.54, 1.807) is 12.1 Å². The Hall–Kier alpha value is -2.68. The van der Waals surface area contributed by atoms with Crippen LogP contribution in [0.1, 0.15) is 74.2 Å². The quantitative estimate of drug-likeness (QED) is 0.519. The number of aryl methyl sites for hydroxylation is 1. The average molecular weight is 384 g/mol. The first-order valence-corrected chi connectivity index (χ1v) is 9.98. The van der Waals surface area contributed by atoms with Crippen LogP contribution >= 0.6 is 0 Å². The Labute approximate surface area is 166 Å². The monoisotopic (exact) mass is 384 g/mol. The van der Waals surface area contributed by atoms with Crippen molar-refractivity contribution in [2.45, 2.75) is 70.3 Å². The van der Waals surface area contributed by atoms with Crippen molar-refractivity contribution in [1.82, 2.24) is 5.32 Å². The Morgan fingerprint density at radius 3 is 2.39 bits per heavy atom. The summed E-state index contributed by atoms with van der Waals surface area (Å²) in [5.41, 5.74) is 0.901. The molecule has 1 amide bonds. The number of Topliss-reactive ketones (excluding diaryl/α,β-unsaturated/α-hetero) is 1. The van der Waals surface area contributed by atoms with Gasteiger partial charge in [0.15, 0.2) is 12.4 Å². The zero-order chi connectivity index (χ0) is 20.4. The zero-order valence-corrected chi connectivity index (χ0v) is 16.5. The third kappa shape index (κ3) is 6.49. The van der Waals surface area contributed by atoms with E-state index < -0.39 is 24.0 Å². The van der Waals surface area contributed by atoms with Crippen LogP contribution < -0.4 is 5.32 Å². The molecule has 28 heavy (non-hydrogen) atoms. The van der Waals surface area contributed by atoms with Gasteiger partial charge in [0.1, 0.15) is 5.54 Å². The molecule has 0 bridgehead atoms. The Kier molecular flexibility index (Phi) is 8.19. The Morgan fingerprint density at radius 1 is 1.11 bits per heavy atom. The summed E-state index contributed by atoms with van der Waals surface area (Å²) in [5.74, 6) is -1.20. The summed E-state index contributed by atoms with van der Waals surface area (Å²) in [5, 5.41) is 12.1. The normalized spacial score (nSPS) is 15.3. The standard InChI is InChI=1S/C22H28N2O4/c1-2-6-17-7-9-18(10-8-17)19(25)11-12-21(27)28-15-20(26)24-22(16-23)13-4-3-5-14-22/h7-10H,2-6,11-15H2,1H3,(H,24,26). The van der Waals surface area contributed by atoms with Crippen molar-refractivity contribution in [3.63, 3.8) is 0 Å². The summed E-state index contributed by atoms with van der Waals surface area (Å²) in [7, 11) is 0. The third-order valence-electron chi connectivity index (χ3n) is 5.03. The van der Waals surface area contributed by atoms with Crippen LogP contribution in [0.4, 0.5) is 0 Å². The molecule has 0 radical (unpaired) electrons. The molecule has 1 aromatic rings. The number of carbonyl (C=O) groups excluding carboxylic acids is 3. The fourth-order valence-electron chi connectivity index (χ4n) is 3.45. The third-order valence-corrected chi connectivity index (χ3v) is 5.03. The summed E-state index contributed by atoms with van der Waals surface area (Å²) >= 11 is 0. The number of carbonyl (C=O) groups is 3. The van der Waals surface area contributed by atoms with Crippen LogP contribution in [0.3, 0.4) is 0 Å². The zero-order valence-electron chi connectivity index (χ0n) is 16.5. The van der Waals surface area contributed by atoms with E-state index in [0.29, 0.717) is 18.4 Å². The maximum atomic E-state index is 12.2. The van der Waals surface area contributed by atoms with Gasteiger partial charge >= 0.3 is 5.97 Å². The van der Waals surface area contributed by atoms with Gasteiger partial charge in [0, 0.05) is 12.0 Å². The number of nitrogens with zero attached hydrogens (tertiary/aromatic N) is 1. The first-order valence-electron chi connectivity index (χ1n) is 9.98. The predicted molar refractivity (Wildman–Crippen MR) is 105 cm³/mol. The number of hydrogen-bond acceptors (Lipinski definition) is 5. The number of benzene rings is 1. The van der Waals surface area contributed by atoms with E-state index in [1.165, 1.54) is 5.56 Å². The fourth-order valence-corrected chi connectivity index (χ4v) is 3.45. The number of ketones is 1. The summed E-state index contributed by atoms with van der Waals surface area (Å²) in [6.07, 6.45) is 6.07. The van der Waals surface area contributed by atoms with Crippen molar-refractivity contribution < 1.29 is 19.1 Å². The number of amides is 1. The summed E-state index contributed by atoms with van der Waals surface area (Å²) in [6, 6.07) is 9.59. The number of esters is 1. The molecule has 0 heterocycles. The Morgan fingerprint density at radius 2 is 1.79 bits per heavy atom. The molecule has 6 heteroatoms. The molecule has 0 saturated heterocycles. The summed E-state index contributed by atoms with van der Waals surface area (Å²) in [4.78, 5) is 36.0. The smallest absolute Gasteiger partial charge is 0.306 e. The van der Waals surface area contributed by atoms with E-state index >= 15 is 0 Å². The van der Waals surface area contributed by atoms with Crippen LogP contribution in [-0.4, -0.2) is 29.8 Å². The maximum absolute atomic E-state index is 12.2. The van der Waals surface area contributed by atoms with Gasteiger partial charge in [-0.1, -0.05) is 56.9 Å². The molecule has 0 atom stereocenters. The highest BCUT2D eigenvalue weighted by atomic mass is 16.5. The van der Waals surface area contributed by atoms with Crippen LogP contribution in [0.15, 0.2) is 24.3 Å². The summed E-state index contributed by atoms with van der Waals surface area (Å²) < 4.78 is 4.96. The van der Waals surface area contributed by atoms with Gasteiger partial charge in [-0.15, -0.1) is 0 Å². The number of ether oxygens (including phenoxy) is 1. The number of nitrogens with one attached hydrogen (secondary N) is 1. The minimum atomic E-state index is -0.846. The SMILES string of the molecule is CCCc1ccc(C(=O)CCC(=O)OCC(=O)NC2(C#N)CCCCC2)cc1. The van der Waals surface area contributed by atoms with Gasteiger partial charge in [0.25, 0.3) is 5.91 Å². The van der Waals surface area contributed by atoms with Crippen molar-refractivity contribution in [1.29, 1.82) is 5.26 Å². The van der Waals surface area contributed by atoms with E-state index in [9.17, 15) is 19.6 Å². The topological polar surface area (TPSA) is 96.3 Å². The molecule has 6 nitrogen and oxygen atoms in total. The van der Waals surface area contributed by atoms with Gasteiger partial charge in [-0.05, 0) is 24.8 Å². The van der Waals surface area contributed by atoms with Gasteiger partial charge in [-0.25, -0.2) is 0 Å². The highest BCUT2D eigenvalue weighted by Gasteiger charge is 2.33. The predicted octanol–water partition coefficient (Wildman–Crippen LogP) is 3.49. The number of nitriles is 1. The lowest BCUT2D eigenvalue weighted by Gasteiger charge is -2.31. The molecule has 0 aromatic heterocycles. The molecule has 0 spiro atoms. The number of hydrogen-bond donors (Lipinski definition) is 1. The second-order valence-electron chi connectivity index (χ2n) is 7.33. The molecular formula is C22H28N2O4. The van der Waals surface area contributed by atoms with Crippen LogP contribution in [-0.2, 0) is 20.7 Å². The lowest BCUT2D eigenvalue weighted by atomic mass is 9.83. The lowest BCUT2D eigenvalue weighted by molar-refractivity contribution is -0.148. The lowest BCUT2D eigenvalue weighted by Crippen LogP contribution is -2.50. The molecule has 1 aliphatic carbocycles. The molecule has 0 aliphatic heterocycles. The molecule has 2 rings (SSSR count). The molecule has 1 aromatic carbocycles. The van der Waals surface area contributed by atoms with E-state index in [-0.39, 0.29) is 18.6 Å². The maximum Gasteiger partial charge on any atom is 0.306 e. The molecule has 1 fully saturated rings. The largest absolute Gasteiger partial charge is 0.456 e. The van der Waals surface area contributed by atoms with Crippen LogP contribution in [0, 0.1) is 11.3 Å². The highest BCUT2D eigenvalue weighted by Crippen LogP contribution is 2.27. The number of rotatable bonds is 9. The van der Waals surface area contributed by atoms with E-state index in [0.717, 1.165) is 32.1 Å². The molecular weight excluding hydrogens is 356 g/mol. The van der Waals surface area contributed by atoms with Gasteiger partial charge in [0.2, 0.25) is 0 Å². The first-order chi connectivity index (χ1) is 13.5. The van der Waals surface area contributed by atoms with E-state index in [4.69, 9.17) is 4.74 Å². The second kappa shape index (κ2) is 10.6. The first kappa shape index (κ1) is 21.6. The van der Waals surface area contributed by atoms with Gasteiger partial charge in [-0.3, -0.25) is 14.4 Å². The van der Waals surface area contributed by atoms with Crippen LogP contribution in [0.2, 0.25) is 0 Å². The van der Waals surface area contributed by atoms with Gasteiger partial charge in [-0.2, -0.15) is 5.26 Å². The molecule has 1 N–H and O–H groups in total. The van der Waals surface area contributed by atoms with Crippen molar-refractivity contribution >= 4 is 17.7 Å². The van der Waals surface area contributed by atoms with E-state index in [1.807, 2.05) is 12.1 Å². The minimum absolute atomic E-state index is 0.0374. The molecule has 0 unspecified atom stereocenters. The minimum Gasteiger partial charge on any atom is -0.456 e. The van der Waals surface area contributed by atoms with E-state index in [2.05, 4.69) is 18.3 Å². The molecule has 1 aliphatic rings. The average Bonchev–Trinajstić information content (AvgIpc) is 2.72. The summed E-state index contributed by atoms with van der Waals surface area (Å²) in [6.45, 7) is 1.67. The van der Waals surface area contributed by atoms with Crippen molar-refractivity contribution in [2.24, 2.45) is 0 Å². The van der Waals surface area contributed by atoms with Gasteiger partial charge in [0.05, 0.1) is 12.5 Å². The van der Waals surface area contributed by atoms with Crippen LogP contribution in [0.25, 0.3) is 0 Å². The Bertz CT molecular complexity index is 728. The fraction of sp³-hybridized carbons (Fsp3) is 0.545. The highest BCUT2D eigenvalue weighted by molar-refractivity contribution is 5.97. The van der Waals surface area contributed by atoms with Crippen LogP contribution in [0.5, 0.6) is 0 Å². The molecule has 150 valence electrons. The molecule has 1 saturated carbocycles. The van der Waals surface area contributed by atoms with Crippen molar-refractivity contribution in [3.8, 4) is 6.07 Å². The van der Waals surface area contributed by atoms with Gasteiger partial charge < -0.3 is 10.1 Å². The Balaban J connectivity index is 1.72. The second-order valence-corrected chi connectivity index (χ2v) is 7.33. The van der Waals surface area contributed by atoms with Crippen molar-refractivity contribution in [3.05, 3.63) is 35.4 Å².